The smallest absolute Gasteiger partial charge is 0.224 e. The summed E-state index contributed by atoms with van der Waals surface area (Å²) >= 11 is 3.61. The third-order valence-electron chi connectivity index (χ3n) is 5.79. The van der Waals surface area contributed by atoms with Gasteiger partial charge in [0.2, 0.25) is 5.95 Å². The molecule has 0 radical (unpaired) electrons. The highest BCUT2D eigenvalue weighted by Crippen LogP contribution is 2.35. The summed E-state index contributed by atoms with van der Waals surface area (Å²) in [5, 5.41) is 11.8. The third kappa shape index (κ3) is 5.77. The van der Waals surface area contributed by atoms with E-state index in [1.54, 1.807) is 6.20 Å². The molecule has 1 aliphatic rings. The zero-order chi connectivity index (χ0) is 21.6. The van der Waals surface area contributed by atoms with Crippen molar-refractivity contribution in [3.8, 4) is 0 Å². The highest BCUT2D eigenvalue weighted by molar-refractivity contribution is 9.10. The Kier molecular flexibility index (Phi) is 7.45. The van der Waals surface area contributed by atoms with Gasteiger partial charge in [0.1, 0.15) is 5.82 Å². The van der Waals surface area contributed by atoms with E-state index in [0.717, 1.165) is 42.8 Å². The number of aromatic nitrogens is 3. The Balaban J connectivity index is 1.22. The summed E-state index contributed by atoms with van der Waals surface area (Å²) in [7, 11) is 0. The fourth-order valence-electron chi connectivity index (χ4n) is 4.22. The quantitative estimate of drug-likeness (QED) is 0.279. The second kappa shape index (κ2) is 10.5. The summed E-state index contributed by atoms with van der Waals surface area (Å²) in [4.78, 5) is 12.5. The van der Waals surface area contributed by atoms with Crippen molar-refractivity contribution in [3.05, 3.63) is 46.2 Å². The van der Waals surface area contributed by atoms with Crippen LogP contribution in [0.15, 0.2) is 34.9 Å². The number of anilines is 2. The molecule has 3 aromatic rings. The molecule has 31 heavy (non-hydrogen) atoms. The van der Waals surface area contributed by atoms with Gasteiger partial charge in [0.15, 0.2) is 0 Å². The first kappa shape index (κ1) is 22.1. The summed E-state index contributed by atoms with van der Waals surface area (Å²) in [5.74, 6) is 2.15. The lowest BCUT2D eigenvalue weighted by Crippen LogP contribution is -2.26. The summed E-state index contributed by atoms with van der Waals surface area (Å²) in [5.41, 5.74) is 4.13. The van der Waals surface area contributed by atoms with E-state index in [9.17, 15) is 0 Å². The van der Waals surface area contributed by atoms with Crippen LogP contribution in [0.1, 0.15) is 56.8 Å². The van der Waals surface area contributed by atoms with Crippen LogP contribution in [-0.2, 0) is 6.42 Å². The number of rotatable bonds is 10. The van der Waals surface area contributed by atoms with Gasteiger partial charge in [0, 0.05) is 46.4 Å². The molecule has 7 heteroatoms. The van der Waals surface area contributed by atoms with E-state index in [1.165, 1.54) is 41.4 Å². The number of aryl methyl sites for hydroxylation is 1. The Morgan fingerprint density at radius 1 is 1.16 bits per heavy atom. The predicted octanol–water partition coefficient (Wildman–Crippen LogP) is 5.65. The maximum absolute atomic E-state index is 4.53. The largest absolute Gasteiger partial charge is 0.370 e. The van der Waals surface area contributed by atoms with E-state index in [2.05, 4.69) is 78.9 Å². The van der Waals surface area contributed by atoms with Crippen LogP contribution >= 0.6 is 15.9 Å². The molecule has 1 aliphatic carbocycles. The van der Waals surface area contributed by atoms with Gasteiger partial charge in [-0.05, 0) is 74.4 Å². The van der Waals surface area contributed by atoms with Crippen molar-refractivity contribution in [1.29, 1.82) is 0 Å². The Hall–Kier alpha value is -2.12. The number of unbranched alkanes of at least 4 members (excludes halogenated alkanes) is 1. The molecule has 0 spiro atoms. The first-order valence-electron chi connectivity index (χ1n) is 11.4. The molecule has 4 rings (SSSR count). The van der Waals surface area contributed by atoms with Crippen LogP contribution in [0, 0.1) is 5.92 Å². The molecule has 0 amide bonds. The van der Waals surface area contributed by atoms with Crippen LogP contribution in [0.4, 0.5) is 11.8 Å². The second-order valence-corrected chi connectivity index (χ2v) is 9.70. The van der Waals surface area contributed by atoms with Crippen LogP contribution in [0.5, 0.6) is 0 Å². The van der Waals surface area contributed by atoms with Gasteiger partial charge in [0.05, 0.1) is 0 Å². The molecule has 0 bridgehead atoms. The monoisotopic (exact) mass is 484 g/mol. The minimum absolute atomic E-state index is 0.430. The number of nitrogens with zero attached hydrogens (tertiary/aromatic N) is 2. The zero-order valence-electron chi connectivity index (χ0n) is 18.5. The van der Waals surface area contributed by atoms with Crippen LogP contribution in [0.25, 0.3) is 10.9 Å². The number of hydrogen-bond donors (Lipinski definition) is 4. The molecule has 0 aliphatic heterocycles. The third-order valence-corrected chi connectivity index (χ3v) is 6.29. The minimum Gasteiger partial charge on any atom is -0.370 e. The van der Waals surface area contributed by atoms with Crippen LogP contribution < -0.4 is 16.0 Å². The topological polar surface area (TPSA) is 77.7 Å². The first-order chi connectivity index (χ1) is 15.1. The Morgan fingerprint density at radius 2 is 2.03 bits per heavy atom. The second-order valence-electron chi connectivity index (χ2n) is 8.78. The summed E-state index contributed by atoms with van der Waals surface area (Å²) < 4.78 is 1.15. The number of nitrogens with one attached hydrogen (secondary N) is 4. The molecular weight excluding hydrogens is 452 g/mol. The molecule has 6 nitrogen and oxygen atoms in total. The lowest BCUT2D eigenvalue weighted by atomic mass is 9.91. The maximum Gasteiger partial charge on any atom is 0.224 e. The summed E-state index contributed by atoms with van der Waals surface area (Å²) in [6.45, 7) is 7.17. The molecule has 1 atom stereocenters. The first-order valence-corrected chi connectivity index (χ1v) is 12.2. The van der Waals surface area contributed by atoms with E-state index in [-0.39, 0.29) is 0 Å². The highest BCUT2D eigenvalue weighted by Gasteiger charge is 2.23. The summed E-state index contributed by atoms with van der Waals surface area (Å²) in [6, 6.07) is 8.89. The van der Waals surface area contributed by atoms with Crippen LogP contribution in [-0.4, -0.2) is 34.6 Å². The average Bonchev–Trinajstić information content (AvgIpc) is 3.13. The molecule has 166 valence electrons. The van der Waals surface area contributed by atoms with E-state index in [0.29, 0.717) is 17.9 Å². The molecule has 0 saturated heterocycles. The van der Waals surface area contributed by atoms with Gasteiger partial charge in [-0.2, -0.15) is 4.98 Å². The van der Waals surface area contributed by atoms with Gasteiger partial charge in [-0.15, -0.1) is 0 Å². The number of fused-ring (bicyclic) bond motifs is 3. The van der Waals surface area contributed by atoms with E-state index >= 15 is 0 Å². The van der Waals surface area contributed by atoms with Gasteiger partial charge >= 0.3 is 0 Å². The molecule has 1 unspecified atom stereocenters. The van der Waals surface area contributed by atoms with Crippen molar-refractivity contribution in [2.75, 3.05) is 30.3 Å². The van der Waals surface area contributed by atoms with Gasteiger partial charge in [-0.3, -0.25) is 0 Å². The van der Waals surface area contributed by atoms with E-state index in [1.807, 2.05) is 6.07 Å². The Morgan fingerprint density at radius 3 is 2.90 bits per heavy atom. The standard InChI is InChI=1S/C24H33BrN6/c1-16(2)15-29-24-28-13-10-22(31-24)27-12-4-3-11-26-21-7-5-6-18-19-14-17(25)8-9-20(19)30-23(18)21/h8-10,13-14,16,21,26,30H,3-7,11-12,15H2,1-2H3,(H2,27,28,29,31). The normalized spacial score (nSPS) is 15.9. The lowest BCUT2D eigenvalue weighted by molar-refractivity contribution is 0.447. The highest BCUT2D eigenvalue weighted by atomic mass is 79.9. The molecular formula is C24H33BrN6. The number of benzene rings is 1. The number of H-pyrrole nitrogens is 1. The van der Waals surface area contributed by atoms with Gasteiger partial charge in [-0.1, -0.05) is 29.8 Å². The lowest BCUT2D eigenvalue weighted by Gasteiger charge is -2.24. The zero-order valence-corrected chi connectivity index (χ0v) is 20.1. The SMILES string of the molecule is CC(C)CNc1nccc(NCCCCNC2CCCc3c2[nH]c2ccc(Br)cc32)n1. The minimum atomic E-state index is 0.430. The van der Waals surface area contributed by atoms with Gasteiger partial charge in [-0.25, -0.2) is 4.98 Å². The van der Waals surface area contributed by atoms with Crippen molar-refractivity contribution in [2.24, 2.45) is 5.92 Å². The molecule has 0 saturated carbocycles. The van der Waals surface area contributed by atoms with Crippen LogP contribution in [0.3, 0.4) is 0 Å². The van der Waals surface area contributed by atoms with Crippen molar-refractivity contribution < 1.29 is 0 Å². The van der Waals surface area contributed by atoms with Crippen molar-refractivity contribution >= 4 is 38.6 Å². The fourth-order valence-corrected chi connectivity index (χ4v) is 4.58. The number of hydrogen-bond acceptors (Lipinski definition) is 5. The van der Waals surface area contributed by atoms with E-state index < -0.39 is 0 Å². The predicted molar refractivity (Wildman–Crippen MR) is 133 cm³/mol. The Bertz CT molecular complexity index is 999. The molecule has 4 N–H and O–H groups in total. The number of halogens is 1. The Labute approximate surface area is 193 Å². The average molecular weight is 485 g/mol. The van der Waals surface area contributed by atoms with Crippen LogP contribution in [0.2, 0.25) is 0 Å². The van der Waals surface area contributed by atoms with Crippen molar-refractivity contribution in [1.82, 2.24) is 20.3 Å². The fraction of sp³-hybridized carbons (Fsp3) is 0.500. The van der Waals surface area contributed by atoms with Gasteiger partial charge < -0.3 is 20.9 Å². The van der Waals surface area contributed by atoms with Crippen molar-refractivity contribution in [3.63, 3.8) is 0 Å². The molecule has 1 aromatic carbocycles. The molecule has 2 aromatic heterocycles. The van der Waals surface area contributed by atoms with Gasteiger partial charge in [0.25, 0.3) is 0 Å². The van der Waals surface area contributed by atoms with E-state index in [4.69, 9.17) is 0 Å². The summed E-state index contributed by atoms with van der Waals surface area (Å²) in [6.07, 6.45) is 7.65. The van der Waals surface area contributed by atoms with Crippen molar-refractivity contribution in [2.45, 2.75) is 52.0 Å². The number of aromatic amines is 1. The molecule has 0 fully saturated rings. The maximum atomic E-state index is 4.53. The molecule has 2 heterocycles.